The minimum Gasteiger partial charge on any atom is -0.481 e. The van der Waals surface area contributed by atoms with E-state index >= 15 is 0 Å². The van der Waals surface area contributed by atoms with E-state index in [1.165, 1.54) is 0 Å². The molecule has 0 bridgehead atoms. The third-order valence-corrected chi connectivity index (χ3v) is 2.33. The standard InChI is InChI=1S/C10H20N2O3/c1-6(2)8(4-9(13)14)12-10(15)7(3)5-11/h6-8H,4-5,11H2,1-3H3,(H,12,15)(H,13,14). The Balaban J connectivity index is 4.28. The Labute approximate surface area is 90.0 Å². The molecule has 0 saturated heterocycles. The van der Waals surface area contributed by atoms with Crippen molar-refractivity contribution >= 4 is 11.9 Å². The number of carboxylic acids is 1. The largest absolute Gasteiger partial charge is 0.481 e. The lowest BCUT2D eigenvalue weighted by atomic mass is 10.00. The van der Waals surface area contributed by atoms with Gasteiger partial charge in [-0.15, -0.1) is 0 Å². The first-order chi connectivity index (χ1) is 6.88. The normalized spacial score (nSPS) is 14.7. The van der Waals surface area contributed by atoms with Gasteiger partial charge in [0.15, 0.2) is 0 Å². The van der Waals surface area contributed by atoms with Gasteiger partial charge in [0.1, 0.15) is 0 Å². The zero-order valence-corrected chi connectivity index (χ0v) is 9.49. The number of aliphatic carboxylic acids is 1. The van der Waals surface area contributed by atoms with E-state index in [1.807, 2.05) is 13.8 Å². The first kappa shape index (κ1) is 13.9. The maximum absolute atomic E-state index is 11.5. The average Bonchev–Trinajstić information content (AvgIpc) is 2.14. The molecule has 0 rings (SSSR count). The number of carboxylic acid groups (broad SMARTS) is 1. The lowest BCUT2D eigenvalue weighted by molar-refractivity contribution is -0.138. The molecule has 0 radical (unpaired) electrons. The molecule has 5 heteroatoms. The number of rotatable bonds is 6. The topological polar surface area (TPSA) is 92.4 Å². The summed E-state index contributed by atoms with van der Waals surface area (Å²) in [5, 5.41) is 11.4. The predicted molar refractivity (Wildman–Crippen MR) is 57.2 cm³/mol. The molecule has 1 amide bonds. The van der Waals surface area contributed by atoms with Crippen molar-refractivity contribution in [1.82, 2.24) is 5.32 Å². The molecule has 0 spiro atoms. The second-order valence-electron chi connectivity index (χ2n) is 4.09. The Morgan fingerprint density at radius 3 is 2.20 bits per heavy atom. The van der Waals surface area contributed by atoms with Crippen molar-refractivity contribution in [1.29, 1.82) is 0 Å². The van der Waals surface area contributed by atoms with Crippen molar-refractivity contribution in [3.63, 3.8) is 0 Å². The zero-order valence-electron chi connectivity index (χ0n) is 9.49. The maximum atomic E-state index is 11.5. The number of nitrogens with two attached hydrogens (primary N) is 1. The fourth-order valence-corrected chi connectivity index (χ4v) is 1.07. The third kappa shape index (κ3) is 5.37. The quantitative estimate of drug-likeness (QED) is 0.591. The summed E-state index contributed by atoms with van der Waals surface area (Å²) in [5.74, 6) is -1.28. The van der Waals surface area contributed by atoms with Crippen LogP contribution in [0.3, 0.4) is 0 Å². The van der Waals surface area contributed by atoms with Gasteiger partial charge < -0.3 is 16.2 Å². The second-order valence-corrected chi connectivity index (χ2v) is 4.09. The molecule has 88 valence electrons. The van der Waals surface area contributed by atoms with Crippen LogP contribution in [0.2, 0.25) is 0 Å². The van der Waals surface area contributed by atoms with Crippen molar-refractivity contribution in [2.75, 3.05) is 6.54 Å². The van der Waals surface area contributed by atoms with E-state index in [9.17, 15) is 9.59 Å². The van der Waals surface area contributed by atoms with Gasteiger partial charge in [0, 0.05) is 18.5 Å². The molecule has 0 aliphatic rings. The molecule has 2 atom stereocenters. The molecule has 15 heavy (non-hydrogen) atoms. The first-order valence-corrected chi connectivity index (χ1v) is 5.10. The number of nitrogens with one attached hydrogen (secondary N) is 1. The van der Waals surface area contributed by atoms with Crippen LogP contribution in [0.15, 0.2) is 0 Å². The summed E-state index contributed by atoms with van der Waals surface area (Å²) in [5.41, 5.74) is 5.35. The first-order valence-electron chi connectivity index (χ1n) is 5.10. The van der Waals surface area contributed by atoms with Gasteiger partial charge in [-0.3, -0.25) is 9.59 Å². The number of hydrogen-bond donors (Lipinski definition) is 3. The van der Waals surface area contributed by atoms with Crippen molar-refractivity contribution in [2.24, 2.45) is 17.6 Å². The van der Waals surface area contributed by atoms with Crippen molar-refractivity contribution < 1.29 is 14.7 Å². The van der Waals surface area contributed by atoms with E-state index in [4.69, 9.17) is 10.8 Å². The molecule has 0 aliphatic heterocycles. The maximum Gasteiger partial charge on any atom is 0.305 e. The predicted octanol–water partition coefficient (Wildman–Crippen LogP) is 0.197. The van der Waals surface area contributed by atoms with Gasteiger partial charge in [-0.05, 0) is 5.92 Å². The van der Waals surface area contributed by atoms with Crippen LogP contribution < -0.4 is 11.1 Å². The van der Waals surface area contributed by atoms with Gasteiger partial charge in [0.25, 0.3) is 0 Å². The molecule has 2 unspecified atom stereocenters. The van der Waals surface area contributed by atoms with E-state index in [0.717, 1.165) is 0 Å². The molecule has 5 nitrogen and oxygen atoms in total. The summed E-state index contributed by atoms with van der Waals surface area (Å²) in [6, 6.07) is -0.330. The van der Waals surface area contributed by atoms with Crippen LogP contribution in [-0.2, 0) is 9.59 Å². The summed E-state index contributed by atoms with van der Waals surface area (Å²) in [6.45, 7) is 5.74. The molecule has 0 saturated carbocycles. The second kappa shape index (κ2) is 6.40. The number of amides is 1. The van der Waals surface area contributed by atoms with E-state index in [1.54, 1.807) is 6.92 Å². The fraction of sp³-hybridized carbons (Fsp3) is 0.800. The van der Waals surface area contributed by atoms with Gasteiger partial charge in [0.05, 0.1) is 6.42 Å². The molecular weight excluding hydrogens is 196 g/mol. The Kier molecular flexibility index (Phi) is 5.93. The van der Waals surface area contributed by atoms with Gasteiger partial charge in [-0.2, -0.15) is 0 Å². The van der Waals surface area contributed by atoms with Crippen LogP contribution in [0.5, 0.6) is 0 Å². The number of carbonyl (C=O) groups is 2. The van der Waals surface area contributed by atoms with Crippen LogP contribution >= 0.6 is 0 Å². The highest BCUT2D eigenvalue weighted by atomic mass is 16.4. The highest BCUT2D eigenvalue weighted by molar-refractivity contribution is 5.79. The Morgan fingerprint density at radius 2 is 1.87 bits per heavy atom. The lowest BCUT2D eigenvalue weighted by Crippen LogP contribution is -2.43. The van der Waals surface area contributed by atoms with Crippen LogP contribution in [0, 0.1) is 11.8 Å². The Morgan fingerprint density at radius 1 is 1.33 bits per heavy atom. The van der Waals surface area contributed by atoms with E-state index in [-0.39, 0.29) is 36.8 Å². The smallest absolute Gasteiger partial charge is 0.305 e. The van der Waals surface area contributed by atoms with E-state index in [2.05, 4.69) is 5.32 Å². The minimum atomic E-state index is -0.908. The summed E-state index contributed by atoms with van der Waals surface area (Å²) in [7, 11) is 0. The average molecular weight is 216 g/mol. The summed E-state index contributed by atoms with van der Waals surface area (Å²) in [4.78, 5) is 22.0. The molecule has 0 fully saturated rings. The molecule has 0 aromatic rings. The monoisotopic (exact) mass is 216 g/mol. The van der Waals surface area contributed by atoms with Gasteiger partial charge in [-0.1, -0.05) is 20.8 Å². The van der Waals surface area contributed by atoms with Crippen LogP contribution in [0.25, 0.3) is 0 Å². The van der Waals surface area contributed by atoms with Crippen LogP contribution in [0.4, 0.5) is 0 Å². The molecule has 0 heterocycles. The summed E-state index contributed by atoms with van der Waals surface area (Å²) in [6.07, 6.45) is -0.0549. The highest BCUT2D eigenvalue weighted by Crippen LogP contribution is 2.07. The number of carbonyl (C=O) groups excluding carboxylic acids is 1. The molecule has 0 aromatic carbocycles. The third-order valence-electron chi connectivity index (χ3n) is 2.33. The Hall–Kier alpha value is -1.10. The van der Waals surface area contributed by atoms with Crippen molar-refractivity contribution in [3.8, 4) is 0 Å². The van der Waals surface area contributed by atoms with Gasteiger partial charge >= 0.3 is 5.97 Å². The van der Waals surface area contributed by atoms with Gasteiger partial charge in [-0.25, -0.2) is 0 Å². The van der Waals surface area contributed by atoms with Crippen LogP contribution in [0.1, 0.15) is 27.2 Å². The number of hydrogen-bond acceptors (Lipinski definition) is 3. The molecule has 4 N–H and O–H groups in total. The Bertz CT molecular complexity index is 229. The molecule has 0 aromatic heterocycles. The van der Waals surface area contributed by atoms with E-state index in [0.29, 0.717) is 0 Å². The summed E-state index contributed by atoms with van der Waals surface area (Å²) >= 11 is 0. The minimum absolute atomic E-state index is 0.0549. The fourth-order valence-electron chi connectivity index (χ4n) is 1.07. The van der Waals surface area contributed by atoms with Gasteiger partial charge in [0.2, 0.25) is 5.91 Å². The van der Waals surface area contributed by atoms with E-state index < -0.39 is 5.97 Å². The SMILES string of the molecule is CC(CN)C(=O)NC(CC(=O)O)C(C)C. The summed E-state index contributed by atoms with van der Waals surface area (Å²) < 4.78 is 0. The molecular formula is C10H20N2O3. The van der Waals surface area contributed by atoms with Crippen LogP contribution in [-0.4, -0.2) is 29.6 Å². The zero-order chi connectivity index (χ0) is 12.0. The van der Waals surface area contributed by atoms with Crippen molar-refractivity contribution in [2.45, 2.75) is 33.2 Å². The highest BCUT2D eigenvalue weighted by Gasteiger charge is 2.21. The lowest BCUT2D eigenvalue weighted by Gasteiger charge is -2.22. The molecule has 0 aliphatic carbocycles. The van der Waals surface area contributed by atoms with Crippen molar-refractivity contribution in [3.05, 3.63) is 0 Å².